The van der Waals surface area contributed by atoms with Gasteiger partial charge in [-0.25, -0.2) is 0 Å². The zero-order valence-corrected chi connectivity index (χ0v) is 12.1. The smallest absolute Gasteiger partial charge is 0.251 e. The molecule has 118 valence electrons. The van der Waals surface area contributed by atoms with Gasteiger partial charge in [0.1, 0.15) is 5.76 Å². The summed E-state index contributed by atoms with van der Waals surface area (Å²) in [4.78, 5) is 34.3. The molecule has 0 saturated heterocycles. The molecule has 0 saturated carbocycles. The molecule has 0 spiro atoms. The van der Waals surface area contributed by atoms with Crippen molar-refractivity contribution in [2.45, 2.75) is 0 Å². The molecule has 7 heteroatoms. The number of hydrogen-bond acceptors (Lipinski definition) is 4. The van der Waals surface area contributed by atoms with Gasteiger partial charge in [-0.05, 0) is 36.4 Å². The second kappa shape index (κ2) is 7.60. The number of anilines is 1. The lowest BCUT2D eigenvalue weighted by Gasteiger charge is -2.06. The van der Waals surface area contributed by atoms with Gasteiger partial charge in [0.2, 0.25) is 11.8 Å². The van der Waals surface area contributed by atoms with Crippen LogP contribution in [0.4, 0.5) is 5.69 Å². The van der Waals surface area contributed by atoms with Gasteiger partial charge < -0.3 is 20.8 Å². The highest BCUT2D eigenvalue weighted by Gasteiger charge is 2.07. The van der Waals surface area contributed by atoms with Gasteiger partial charge in [-0.3, -0.25) is 14.4 Å². The van der Waals surface area contributed by atoms with Gasteiger partial charge >= 0.3 is 0 Å². The summed E-state index contributed by atoms with van der Waals surface area (Å²) in [7, 11) is 0. The fourth-order valence-corrected chi connectivity index (χ4v) is 1.74. The highest BCUT2D eigenvalue weighted by atomic mass is 16.3. The van der Waals surface area contributed by atoms with Crippen molar-refractivity contribution in [2.75, 3.05) is 11.9 Å². The third kappa shape index (κ3) is 5.16. The van der Waals surface area contributed by atoms with Crippen LogP contribution in [0.2, 0.25) is 0 Å². The Balaban J connectivity index is 1.98. The minimum Gasteiger partial charge on any atom is -0.465 e. The Morgan fingerprint density at radius 2 is 2.00 bits per heavy atom. The van der Waals surface area contributed by atoms with E-state index >= 15 is 0 Å². The summed E-state index contributed by atoms with van der Waals surface area (Å²) in [5.41, 5.74) is 5.72. The SMILES string of the molecule is NC(=O)CNC(=O)c1cccc(NC(=O)C=Cc2ccco2)c1. The lowest BCUT2D eigenvalue weighted by molar-refractivity contribution is -0.117. The van der Waals surface area contributed by atoms with Crippen molar-refractivity contribution in [1.29, 1.82) is 0 Å². The van der Waals surface area contributed by atoms with Crippen molar-refractivity contribution in [1.82, 2.24) is 5.32 Å². The molecule has 0 unspecified atom stereocenters. The number of amides is 3. The topological polar surface area (TPSA) is 114 Å². The number of hydrogen-bond donors (Lipinski definition) is 3. The van der Waals surface area contributed by atoms with E-state index in [-0.39, 0.29) is 12.5 Å². The van der Waals surface area contributed by atoms with Gasteiger partial charge in [-0.15, -0.1) is 0 Å². The predicted octanol–water partition coefficient (Wildman–Crippen LogP) is 1.15. The van der Waals surface area contributed by atoms with Crippen molar-refractivity contribution in [3.63, 3.8) is 0 Å². The molecule has 0 aliphatic carbocycles. The third-order valence-electron chi connectivity index (χ3n) is 2.76. The first-order valence-electron chi connectivity index (χ1n) is 6.74. The quantitative estimate of drug-likeness (QED) is 0.694. The monoisotopic (exact) mass is 313 g/mol. The Morgan fingerprint density at radius 1 is 1.17 bits per heavy atom. The Kier molecular flexibility index (Phi) is 5.30. The molecule has 4 N–H and O–H groups in total. The van der Waals surface area contributed by atoms with Crippen LogP contribution in [0.5, 0.6) is 0 Å². The third-order valence-corrected chi connectivity index (χ3v) is 2.76. The van der Waals surface area contributed by atoms with E-state index in [0.717, 1.165) is 0 Å². The average molecular weight is 313 g/mol. The summed E-state index contributed by atoms with van der Waals surface area (Å²) >= 11 is 0. The number of rotatable bonds is 6. The van der Waals surface area contributed by atoms with Crippen molar-refractivity contribution in [2.24, 2.45) is 5.73 Å². The molecule has 0 bridgehead atoms. The minimum atomic E-state index is -0.633. The van der Waals surface area contributed by atoms with Crippen LogP contribution in [0.1, 0.15) is 16.1 Å². The first-order valence-corrected chi connectivity index (χ1v) is 6.74. The summed E-state index contributed by atoms with van der Waals surface area (Å²) in [6, 6.07) is 9.74. The zero-order chi connectivity index (χ0) is 16.7. The summed E-state index contributed by atoms with van der Waals surface area (Å²) in [5.74, 6) is -0.896. The summed E-state index contributed by atoms with van der Waals surface area (Å²) in [5, 5.41) is 5.00. The van der Waals surface area contributed by atoms with E-state index < -0.39 is 11.8 Å². The Morgan fingerprint density at radius 3 is 2.70 bits per heavy atom. The first kappa shape index (κ1) is 16.0. The van der Waals surface area contributed by atoms with Crippen LogP contribution >= 0.6 is 0 Å². The van der Waals surface area contributed by atoms with E-state index in [1.54, 1.807) is 30.3 Å². The molecular formula is C16H15N3O4. The number of carbonyl (C=O) groups excluding carboxylic acids is 3. The lowest BCUT2D eigenvalue weighted by Crippen LogP contribution is -2.33. The molecule has 0 aliphatic rings. The van der Waals surface area contributed by atoms with Crippen LogP contribution in [0.3, 0.4) is 0 Å². The van der Waals surface area contributed by atoms with E-state index in [1.807, 2.05) is 0 Å². The minimum absolute atomic E-state index is 0.249. The molecule has 1 heterocycles. The van der Waals surface area contributed by atoms with Gasteiger partial charge in [0.25, 0.3) is 5.91 Å². The highest BCUT2D eigenvalue weighted by molar-refractivity contribution is 6.03. The summed E-state index contributed by atoms with van der Waals surface area (Å²) in [6.07, 6.45) is 4.35. The Bertz CT molecular complexity index is 736. The molecule has 23 heavy (non-hydrogen) atoms. The van der Waals surface area contributed by atoms with Gasteiger partial charge in [0, 0.05) is 17.3 Å². The van der Waals surface area contributed by atoms with Crippen LogP contribution in [0.15, 0.2) is 53.2 Å². The van der Waals surface area contributed by atoms with Gasteiger partial charge in [-0.1, -0.05) is 6.07 Å². The molecule has 3 amide bonds. The van der Waals surface area contributed by atoms with Crippen LogP contribution in [0.25, 0.3) is 6.08 Å². The van der Waals surface area contributed by atoms with Gasteiger partial charge in [0.05, 0.1) is 12.8 Å². The molecule has 0 fully saturated rings. The number of primary amides is 1. The van der Waals surface area contributed by atoms with E-state index in [9.17, 15) is 14.4 Å². The van der Waals surface area contributed by atoms with Gasteiger partial charge in [-0.2, -0.15) is 0 Å². The second-order valence-electron chi connectivity index (χ2n) is 4.57. The number of carbonyl (C=O) groups is 3. The van der Waals surface area contributed by atoms with Crippen LogP contribution in [0, 0.1) is 0 Å². The molecular weight excluding hydrogens is 298 g/mol. The molecule has 7 nitrogen and oxygen atoms in total. The molecule has 0 aliphatic heterocycles. The largest absolute Gasteiger partial charge is 0.465 e. The predicted molar refractivity (Wildman–Crippen MR) is 84.3 cm³/mol. The molecule has 2 aromatic rings. The molecule has 1 aromatic carbocycles. The maximum Gasteiger partial charge on any atom is 0.251 e. The first-order chi connectivity index (χ1) is 11.0. The summed E-state index contributed by atoms with van der Waals surface area (Å²) in [6.45, 7) is -0.249. The van der Waals surface area contributed by atoms with Gasteiger partial charge in [0.15, 0.2) is 0 Å². The number of nitrogens with one attached hydrogen (secondary N) is 2. The normalized spacial score (nSPS) is 10.4. The van der Waals surface area contributed by atoms with E-state index in [2.05, 4.69) is 10.6 Å². The fraction of sp³-hybridized carbons (Fsp3) is 0.0625. The average Bonchev–Trinajstić information content (AvgIpc) is 3.04. The highest BCUT2D eigenvalue weighted by Crippen LogP contribution is 2.11. The number of furan rings is 1. The van der Waals surface area contributed by atoms with Crippen molar-refractivity contribution < 1.29 is 18.8 Å². The zero-order valence-electron chi connectivity index (χ0n) is 12.1. The van der Waals surface area contributed by atoms with Crippen molar-refractivity contribution >= 4 is 29.5 Å². The molecule has 0 atom stereocenters. The Hall–Kier alpha value is -3.35. The fourth-order valence-electron chi connectivity index (χ4n) is 1.74. The van der Waals surface area contributed by atoms with Crippen LogP contribution in [-0.2, 0) is 9.59 Å². The molecule has 2 rings (SSSR count). The maximum atomic E-state index is 11.8. The van der Waals surface area contributed by atoms with E-state index in [4.69, 9.17) is 10.2 Å². The maximum absolute atomic E-state index is 11.8. The number of benzene rings is 1. The molecule has 0 radical (unpaired) electrons. The van der Waals surface area contributed by atoms with Crippen molar-refractivity contribution in [3.05, 3.63) is 60.1 Å². The van der Waals surface area contributed by atoms with E-state index in [1.165, 1.54) is 24.5 Å². The van der Waals surface area contributed by atoms with Crippen LogP contribution < -0.4 is 16.4 Å². The van der Waals surface area contributed by atoms with Crippen molar-refractivity contribution in [3.8, 4) is 0 Å². The Labute approximate surface area is 132 Å². The van der Waals surface area contributed by atoms with Crippen LogP contribution in [-0.4, -0.2) is 24.3 Å². The summed E-state index contributed by atoms with van der Waals surface area (Å²) < 4.78 is 5.07. The lowest BCUT2D eigenvalue weighted by atomic mass is 10.2. The standard InChI is InChI=1S/C16H15N3O4/c17-14(20)10-18-16(22)11-3-1-4-12(9-11)19-15(21)7-6-13-5-2-8-23-13/h1-9H,10H2,(H2,17,20)(H,18,22)(H,19,21). The van der Waals surface area contributed by atoms with E-state index in [0.29, 0.717) is 17.0 Å². The second-order valence-corrected chi connectivity index (χ2v) is 4.57. The number of nitrogens with two attached hydrogens (primary N) is 1. The molecule has 1 aromatic heterocycles.